The van der Waals surface area contributed by atoms with Gasteiger partial charge >= 0.3 is 11.7 Å². The number of carboxylic acid groups (broad SMARTS) is 1. The molecule has 0 bridgehead atoms. The van der Waals surface area contributed by atoms with E-state index in [-0.39, 0.29) is 11.3 Å². The van der Waals surface area contributed by atoms with Gasteiger partial charge in [0.1, 0.15) is 0 Å². The summed E-state index contributed by atoms with van der Waals surface area (Å²) < 4.78 is 6.79. The molecule has 0 aliphatic carbocycles. The topological polar surface area (TPSA) is 84.3 Å². The molecule has 19 heavy (non-hydrogen) atoms. The lowest BCUT2D eigenvalue weighted by Gasteiger charge is -2.23. The minimum absolute atomic E-state index is 0.149. The normalized spacial score (nSPS) is 11.9. The van der Waals surface area contributed by atoms with Crippen LogP contribution in [-0.2, 0) is 11.3 Å². The molecule has 1 aromatic heterocycles. The van der Waals surface area contributed by atoms with Gasteiger partial charge in [-0.3, -0.25) is 4.57 Å². The molecule has 2 N–H and O–H groups in total. The van der Waals surface area contributed by atoms with Crippen LogP contribution in [0.5, 0.6) is 0 Å². The molecule has 6 heteroatoms. The molecule has 102 valence electrons. The Hall–Kier alpha value is -2.08. The Labute approximate surface area is 109 Å². The number of benzene rings is 1. The van der Waals surface area contributed by atoms with E-state index >= 15 is 0 Å². The highest BCUT2D eigenvalue weighted by molar-refractivity contribution is 5.92. The minimum Gasteiger partial charge on any atom is -0.478 e. The average Bonchev–Trinajstić information content (AvgIpc) is 2.65. The number of aromatic amines is 1. The smallest absolute Gasteiger partial charge is 0.335 e. The number of fused-ring (bicyclic) bond motifs is 1. The quantitative estimate of drug-likeness (QED) is 0.875. The van der Waals surface area contributed by atoms with Crippen molar-refractivity contribution in [3.05, 3.63) is 34.2 Å². The molecule has 0 fully saturated rings. The number of nitrogens with zero attached hydrogens (tertiary/aromatic N) is 1. The van der Waals surface area contributed by atoms with Crippen LogP contribution in [0.3, 0.4) is 0 Å². The van der Waals surface area contributed by atoms with Gasteiger partial charge in [-0.15, -0.1) is 0 Å². The summed E-state index contributed by atoms with van der Waals surface area (Å²) in [6.07, 6.45) is 0. The van der Waals surface area contributed by atoms with Crippen LogP contribution in [0.2, 0.25) is 0 Å². The van der Waals surface area contributed by atoms with E-state index in [0.29, 0.717) is 17.6 Å². The van der Waals surface area contributed by atoms with E-state index in [1.165, 1.54) is 16.7 Å². The van der Waals surface area contributed by atoms with Gasteiger partial charge in [0.05, 0.1) is 28.7 Å². The van der Waals surface area contributed by atoms with Crippen molar-refractivity contribution in [2.24, 2.45) is 0 Å². The van der Waals surface area contributed by atoms with Crippen molar-refractivity contribution >= 4 is 17.0 Å². The van der Waals surface area contributed by atoms with Gasteiger partial charge in [-0.05, 0) is 32.0 Å². The number of rotatable bonds is 4. The number of ether oxygens (including phenoxy) is 1. The molecule has 2 aromatic rings. The van der Waals surface area contributed by atoms with Gasteiger partial charge in [-0.25, -0.2) is 9.59 Å². The summed E-state index contributed by atoms with van der Waals surface area (Å²) in [4.78, 5) is 25.6. The fraction of sp³-hybridized carbons (Fsp3) is 0.385. The number of nitrogens with one attached hydrogen (secondary N) is 1. The summed E-state index contributed by atoms with van der Waals surface area (Å²) in [5.74, 6) is -1.02. The molecule has 0 saturated heterocycles. The largest absolute Gasteiger partial charge is 0.478 e. The second-order valence-corrected chi connectivity index (χ2v) is 5.02. The first-order chi connectivity index (χ1) is 8.84. The number of aromatic nitrogens is 2. The number of imidazole rings is 1. The summed E-state index contributed by atoms with van der Waals surface area (Å²) >= 11 is 0. The number of carbonyl (C=O) groups is 1. The molecule has 0 spiro atoms. The zero-order valence-electron chi connectivity index (χ0n) is 11.1. The molecule has 6 nitrogen and oxygen atoms in total. The SMILES string of the molecule is COC(C)(C)Cn1c(=O)[nH]c2ccc(C(=O)O)cc21. The number of hydrogen-bond donors (Lipinski definition) is 2. The van der Waals surface area contributed by atoms with Crippen LogP contribution in [0.25, 0.3) is 11.0 Å². The zero-order valence-corrected chi connectivity index (χ0v) is 11.1. The van der Waals surface area contributed by atoms with Crippen molar-refractivity contribution in [1.82, 2.24) is 9.55 Å². The fourth-order valence-corrected chi connectivity index (χ4v) is 1.89. The monoisotopic (exact) mass is 264 g/mol. The van der Waals surface area contributed by atoms with Gasteiger partial charge in [0, 0.05) is 7.11 Å². The van der Waals surface area contributed by atoms with Crippen molar-refractivity contribution in [3.8, 4) is 0 Å². The molecule has 2 rings (SSSR count). The van der Waals surface area contributed by atoms with Crippen LogP contribution in [0.4, 0.5) is 0 Å². The van der Waals surface area contributed by atoms with E-state index in [0.717, 1.165) is 0 Å². The second kappa shape index (κ2) is 4.55. The second-order valence-electron chi connectivity index (χ2n) is 5.02. The van der Waals surface area contributed by atoms with Crippen LogP contribution >= 0.6 is 0 Å². The Bertz CT molecular complexity index is 681. The van der Waals surface area contributed by atoms with Gasteiger partial charge < -0.3 is 14.8 Å². The molecule has 1 aromatic carbocycles. The van der Waals surface area contributed by atoms with E-state index in [1.54, 1.807) is 13.2 Å². The third-order valence-electron chi connectivity index (χ3n) is 3.11. The molecular weight excluding hydrogens is 248 g/mol. The van der Waals surface area contributed by atoms with Crippen LogP contribution < -0.4 is 5.69 Å². The van der Waals surface area contributed by atoms with Crippen molar-refractivity contribution in [2.75, 3.05) is 7.11 Å². The van der Waals surface area contributed by atoms with E-state index in [2.05, 4.69) is 4.98 Å². The molecule has 0 aliphatic rings. The Morgan fingerprint density at radius 2 is 2.16 bits per heavy atom. The number of H-pyrrole nitrogens is 1. The van der Waals surface area contributed by atoms with Crippen molar-refractivity contribution in [1.29, 1.82) is 0 Å². The summed E-state index contributed by atoms with van der Waals surface area (Å²) in [6.45, 7) is 4.06. The van der Waals surface area contributed by atoms with Crippen LogP contribution in [0.1, 0.15) is 24.2 Å². The van der Waals surface area contributed by atoms with Crippen LogP contribution in [-0.4, -0.2) is 33.3 Å². The van der Waals surface area contributed by atoms with E-state index in [9.17, 15) is 9.59 Å². The van der Waals surface area contributed by atoms with Gasteiger partial charge in [-0.1, -0.05) is 0 Å². The first-order valence-corrected chi connectivity index (χ1v) is 5.85. The summed E-state index contributed by atoms with van der Waals surface area (Å²) in [5.41, 5.74) is 0.535. The number of aromatic carboxylic acids is 1. The Morgan fingerprint density at radius 1 is 1.47 bits per heavy atom. The maximum Gasteiger partial charge on any atom is 0.335 e. The molecular formula is C13H16N2O4. The maximum absolute atomic E-state index is 11.9. The van der Waals surface area contributed by atoms with Crippen molar-refractivity contribution in [3.63, 3.8) is 0 Å². The Kier molecular flexibility index (Phi) is 3.20. The third-order valence-corrected chi connectivity index (χ3v) is 3.11. The summed E-state index contributed by atoms with van der Waals surface area (Å²) in [7, 11) is 1.57. The van der Waals surface area contributed by atoms with Gasteiger partial charge in [0.15, 0.2) is 0 Å². The number of hydrogen-bond acceptors (Lipinski definition) is 3. The molecule has 0 saturated carbocycles. The molecule has 1 heterocycles. The first-order valence-electron chi connectivity index (χ1n) is 5.85. The lowest BCUT2D eigenvalue weighted by atomic mass is 10.1. The average molecular weight is 264 g/mol. The zero-order chi connectivity index (χ0) is 14.2. The van der Waals surface area contributed by atoms with Crippen molar-refractivity contribution in [2.45, 2.75) is 26.0 Å². The standard InChI is InChI=1S/C13H16N2O4/c1-13(2,19-3)7-15-10-6-8(11(16)17)4-5-9(10)14-12(15)18/h4-6H,7H2,1-3H3,(H,14,18)(H,16,17). The summed E-state index contributed by atoms with van der Waals surface area (Å²) in [6, 6.07) is 4.55. The predicted molar refractivity (Wildman–Crippen MR) is 70.6 cm³/mol. The molecule has 0 unspecified atom stereocenters. The van der Waals surface area contributed by atoms with E-state index in [1.807, 2.05) is 13.8 Å². The van der Waals surface area contributed by atoms with Gasteiger partial charge in [-0.2, -0.15) is 0 Å². The number of methoxy groups -OCH3 is 1. The highest BCUT2D eigenvalue weighted by Crippen LogP contribution is 2.17. The van der Waals surface area contributed by atoms with E-state index in [4.69, 9.17) is 9.84 Å². The highest BCUT2D eigenvalue weighted by atomic mass is 16.5. The highest BCUT2D eigenvalue weighted by Gasteiger charge is 2.20. The van der Waals surface area contributed by atoms with Gasteiger partial charge in [0.2, 0.25) is 0 Å². The van der Waals surface area contributed by atoms with Crippen molar-refractivity contribution < 1.29 is 14.6 Å². The lowest BCUT2D eigenvalue weighted by Crippen LogP contribution is -2.33. The molecule has 0 radical (unpaired) electrons. The van der Waals surface area contributed by atoms with Crippen LogP contribution in [0.15, 0.2) is 23.0 Å². The molecule has 0 amide bonds. The van der Waals surface area contributed by atoms with Gasteiger partial charge in [0.25, 0.3) is 0 Å². The lowest BCUT2D eigenvalue weighted by molar-refractivity contribution is 0.00835. The fourth-order valence-electron chi connectivity index (χ4n) is 1.89. The Balaban J connectivity index is 2.59. The Morgan fingerprint density at radius 3 is 2.74 bits per heavy atom. The molecule has 0 atom stereocenters. The third kappa shape index (κ3) is 2.53. The minimum atomic E-state index is -1.02. The number of carboxylic acids is 1. The predicted octanol–water partition coefficient (Wildman–Crippen LogP) is 1.45. The molecule has 0 aliphatic heterocycles. The van der Waals surface area contributed by atoms with E-state index < -0.39 is 11.6 Å². The first kappa shape index (κ1) is 13.4. The summed E-state index contributed by atoms with van der Waals surface area (Å²) in [5, 5.41) is 9.00. The maximum atomic E-state index is 11.9. The van der Waals surface area contributed by atoms with Crippen LogP contribution in [0, 0.1) is 0 Å².